The van der Waals surface area contributed by atoms with Crippen molar-refractivity contribution in [2.75, 3.05) is 0 Å². The molecule has 0 aromatic carbocycles. The molecule has 0 bridgehead atoms. The topological polar surface area (TPSA) is 23.8 Å². The van der Waals surface area contributed by atoms with Gasteiger partial charge in [-0.2, -0.15) is 5.26 Å². The molecule has 0 aromatic heterocycles. The van der Waals surface area contributed by atoms with E-state index in [1.807, 2.05) is 0 Å². The minimum absolute atomic E-state index is 0.0660. The van der Waals surface area contributed by atoms with Gasteiger partial charge in [0.2, 0.25) is 0 Å². The van der Waals surface area contributed by atoms with Crippen LogP contribution < -0.4 is 0 Å². The number of nitriles is 1. The van der Waals surface area contributed by atoms with Crippen molar-refractivity contribution >= 4 is 0 Å². The van der Waals surface area contributed by atoms with Crippen LogP contribution in [0.3, 0.4) is 0 Å². The third kappa shape index (κ3) is 4.50. The van der Waals surface area contributed by atoms with E-state index in [2.05, 4.69) is 19.9 Å². The van der Waals surface area contributed by atoms with Crippen LogP contribution >= 0.6 is 0 Å². The van der Waals surface area contributed by atoms with Crippen molar-refractivity contribution in [1.82, 2.24) is 0 Å². The molecular formula is C21H37N. The summed E-state index contributed by atoms with van der Waals surface area (Å²) in [6, 6.07) is 2.82. The van der Waals surface area contributed by atoms with E-state index in [4.69, 9.17) is 0 Å². The molecule has 0 heterocycles. The summed E-state index contributed by atoms with van der Waals surface area (Å²) in [7, 11) is 0. The fourth-order valence-electron chi connectivity index (χ4n) is 5.18. The SMILES string of the molecule is CCCCCCC1CCC2(C#N)CC(CCCC)CCC2C1. The number of nitrogens with zero attached hydrogens (tertiary/aromatic N) is 1. The summed E-state index contributed by atoms with van der Waals surface area (Å²) in [6.45, 7) is 4.58. The second-order valence-corrected chi connectivity index (χ2v) is 8.24. The lowest BCUT2D eigenvalue weighted by atomic mass is 9.55. The van der Waals surface area contributed by atoms with E-state index < -0.39 is 0 Å². The van der Waals surface area contributed by atoms with Crippen LogP contribution in [0.5, 0.6) is 0 Å². The summed E-state index contributed by atoms with van der Waals surface area (Å²) in [5.41, 5.74) is 0.0660. The third-order valence-electron chi connectivity index (χ3n) is 6.63. The second kappa shape index (κ2) is 8.95. The maximum atomic E-state index is 9.90. The normalized spacial score (nSPS) is 34.9. The Labute approximate surface area is 138 Å². The van der Waals surface area contributed by atoms with E-state index >= 15 is 0 Å². The maximum Gasteiger partial charge on any atom is 0.0692 e. The molecule has 0 amide bonds. The lowest BCUT2D eigenvalue weighted by Gasteiger charge is -2.48. The van der Waals surface area contributed by atoms with Gasteiger partial charge in [0.25, 0.3) is 0 Å². The molecule has 2 saturated carbocycles. The van der Waals surface area contributed by atoms with Crippen LogP contribution in [0.25, 0.3) is 0 Å². The van der Waals surface area contributed by atoms with Gasteiger partial charge in [0.1, 0.15) is 0 Å². The monoisotopic (exact) mass is 303 g/mol. The summed E-state index contributed by atoms with van der Waals surface area (Å²) in [4.78, 5) is 0. The van der Waals surface area contributed by atoms with Gasteiger partial charge in [-0.25, -0.2) is 0 Å². The van der Waals surface area contributed by atoms with Crippen LogP contribution in [0.15, 0.2) is 0 Å². The average molecular weight is 304 g/mol. The molecular weight excluding hydrogens is 266 g/mol. The number of hydrogen-bond donors (Lipinski definition) is 0. The number of rotatable bonds is 8. The average Bonchev–Trinajstić information content (AvgIpc) is 2.56. The first-order valence-corrected chi connectivity index (χ1v) is 10.1. The van der Waals surface area contributed by atoms with Crippen LogP contribution in [-0.2, 0) is 0 Å². The molecule has 126 valence electrons. The second-order valence-electron chi connectivity index (χ2n) is 8.24. The van der Waals surface area contributed by atoms with E-state index in [-0.39, 0.29) is 5.41 Å². The van der Waals surface area contributed by atoms with Crippen LogP contribution in [0.2, 0.25) is 0 Å². The minimum Gasteiger partial charge on any atom is -0.198 e. The van der Waals surface area contributed by atoms with Gasteiger partial charge in [0.15, 0.2) is 0 Å². The van der Waals surface area contributed by atoms with E-state index in [1.165, 1.54) is 89.9 Å². The molecule has 4 atom stereocenters. The summed E-state index contributed by atoms with van der Waals surface area (Å²) >= 11 is 0. The third-order valence-corrected chi connectivity index (χ3v) is 6.63. The zero-order valence-electron chi connectivity index (χ0n) is 15.1. The molecule has 1 nitrogen and oxygen atoms in total. The van der Waals surface area contributed by atoms with Gasteiger partial charge in [0, 0.05) is 0 Å². The van der Waals surface area contributed by atoms with Crippen molar-refractivity contribution in [3.8, 4) is 6.07 Å². The Morgan fingerprint density at radius 2 is 1.68 bits per heavy atom. The predicted molar refractivity (Wildman–Crippen MR) is 94.5 cm³/mol. The Balaban J connectivity index is 1.83. The minimum atomic E-state index is 0.0660. The fraction of sp³-hybridized carbons (Fsp3) is 0.952. The van der Waals surface area contributed by atoms with E-state index in [0.717, 1.165) is 17.8 Å². The highest BCUT2D eigenvalue weighted by atomic mass is 14.5. The Bertz CT molecular complexity index is 355. The van der Waals surface area contributed by atoms with Crippen molar-refractivity contribution in [1.29, 1.82) is 5.26 Å². The number of hydrogen-bond acceptors (Lipinski definition) is 1. The van der Waals surface area contributed by atoms with Crippen molar-refractivity contribution in [3.63, 3.8) is 0 Å². The molecule has 4 unspecified atom stereocenters. The Hall–Kier alpha value is -0.510. The molecule has 2 aliphatic rings. The van der Waals surface area contributed by atoms with Gasteiger partial charge in [-0.05, 0) is 49.9 Å². The molecule has 0 radical (unpaired) electrons. The summed E-state index contributed by atoms with van der Waals surface area (Å²) in [5.74, 6) is 2.49. The standard InChI is InChI=1S/C21H37N/c1-3-5-7-8-10-18-13-14-21(17-22)16-19(9-6-4-2)11-12-20(21)15-18/h18-20H,3-16H2,1-2H3. The fourth-order valence-corrected chi connectivity index (χ4v) is 5.18. The molecule has 0 aliphatic heterocycles. The van der Waals surface area contributed by atoms with Crippen LogP contribution in [0.4, 0.5) is 0 Å². The molecule has 0 aromatic rings. The van der Waals surface area contributed by atoms with Gasteiger partial charge in [-0.1, -0.05) is 71.6 Å². The highest BCUT2D eigenvalue weighted by Gasteiger charge is 2.47. The first-order chi connectivity index (χ1) is 10.7. The lowest BCUT2D eigenvalue weighted by molar-refractivity contribution is 0.0367. The first-order valence-electron chi connectivity index (χ1n) is 10.1. The highest BCUT2D eigenvalue weighted by Crippen LogP contribution is 2.54. The van der Waals surface area contributed by atoms with Crippen LogP contribution in [0.1, 0.15) is 104 Å². The van der Waals surface area contributed by atoms with Crippen molar-refractivity contribution in [2.24, 2.45) is 23.2 Å². The molecule has 2 rings (SSSR count). The van der Waals surface area contributed by atoms with Gasteiger partial charge in [-0.15, -0.1) is 0 Å². The molecule has 0 spiro atoms. The van der Waals surface area contributed by atoms with Crippen molar-refractivity contribution < 1.29 is 0 Å². The van der Waals surface area contributed by atoms with Crippen LogP contribution in [0, 0.1) is 34.5 Å². The predicted octanol–water partition coefficient (Wildman–Crippen LogP) is 6.87. The van der Waals surface area contributed by atoms with Gasteiger partial charge < -0.3 is 0 Å². The highest BCUT2D eigenvalue weighted by molar-refractivity contribution is 5.08. The summed E-state index contributed by atoms with van der Waals surface area (Å²) in [6.07, 6.45) is 18.9. The molecule has 2 aliphatic carbocycles. The first kappa shape index (κ1) is 17.8. The zero-order chi connectivity index (χ0) is 15.8. The summed E-state index contributed by atoms with van der Waals surface area (Å²) < 4.78 is 0. The number of unbranched alkanes of at least 4 members (excludes halogenated alkanes) is 4. The Kier molecular flexibility index (Phi) is 7.26. The molecule has 0 saturated heterocycles. The Morgan fingerprint density at radius 3 is 2.41 bits per heavy atom. The van der Waals surface area contributed by atoms with E-state index in [1.54, 1.807) is 0 Å². The smallest absolute Gasteiger partial charge is 0.0692 e. The van der Waals surface area contributed by atoms with Gasteiger partial charge >= 0.3 is 0 Å². The summed E-state index contributed by atoms with van der Waals surface area (Å²) in [5, 5.41) is 9.90. The van der Waals surface area contributed by atoms with Crippen molar-refractivity contribution in [3.05, 3.63) is 0 Å². The number of fused-ring (bicyclic) bond motifs is 1. The molecule has 22 heavy (non-hydrogen) atoms. The quantitative estimate of drug-likeness (QED) is 0.449. The maximum absolute atomic E-state index is 9.90. The van der Waals surface area contributed by atoms with E-state index in [9.17, 15) is 5.26 Å². The zero-order valence-corrected chi connectivity index (χ0v) is 15.1. The lowest BCUT2D eigenvalue weighted by Crippen LogP contribution is -2.40. The van der Waals surface area contributed by atoms with Gasteiger partial charge in [0.05, 0.1) is 11.5 Å². The van der Waals surface area contributed by atoms with Crippen LogP contribution in [-0.4, -0.2) is 0 Å². The Morgan fingerprint density at radius 1 is 0.909 bits per heavy atom. The molecule has 1 heteroatoms. The van der Waals surface area contributed by atoms with Crippen molar-refractivity contribution in [2.45, 2.75) is 104 Å². The van der Waals surface area contributed by atoms with E-state index in [0.29, 0.717) is 0 Å². The molecule has 0 N–H and O–H groups in total. The largest absolute Gasteiger partial charge is 0.198 e. The molecule has 2 fully saturated rings. The van der Waals surface area contributed by atoms with Gasteiger partial charge in [-0.3, -0.25) is 0 Å².